The van der Waals surface area contributed by atoms with Gasteiger partial charge in [0.15, 0.2) is 5.96 Å². The highest BCUT2D eigenvalue weighted by Gasteiger charge is 2.33. The van der Waals surface area contributed by atoms with Crippen molar-refractivity contribution in [2.24, 2.45) is 16.3 Å². The lowest BCUT2D eigenvalue weighted by Crippen LogP contribution is -2.53. The maximum atomic E-state index is 5.69. The molecule has 2 N–H and O–H groups in total. The van der Waals surface area contributed by atoms with Crippen LogP contribution in [0.25, 0.3) is 0 Å². The van der Waals surface area contributed by atoms with Crippen LogP contribution in [0.4, 0.5) is 0 Å². The molecule has 0 aromatic heterocycles. The quantitative estimate of drug-likeness (QED) is 0.500. The van der Waals surface area contributed by atoms with Gasteiger partial charge in [-0.25, -0.2) is 0 Å². The minimum absolute atomic E-state index is 0.436. The number of hydrogen-bond acceptors (Lipinski definition) is 4. The van der Waals surface area contributed by atoms with Gasteiger partial charge in [0.1, 0.15) is 0 Å². The van der Waals surface area contributed by atoms with Gasteiger partial charge in [-0.1, -0.05) is 19.8 Å². The number of rotatable bonds is 8. The van der Waals surface area contributed by atoms with Crippen LogP contribution in [0.15, 0.2) is 4.99 Å². The van der Waals surface area contributed by atoms with E-state index in [9.17, 15) is 0 Å². The Bertz CT molecular complexity index is 453. The Morgan fingerprint density at radius 2 is 1.89 bits per heavy atom. The molecule has 27 heavy (non-hydrogen) atoms. The molecule has 2 atom stereocenters. The van der Waals surface area contributed by atoms with Crippen LogP contribution in [0.2, 0.25) is 0 Å². The van der Waals surface area contributed by atoms with E-state index in [0.29, 0.717) is 17.4 Å². The third kappa shape index (κ3) is 5.81. The van der Waals surface area contributed by atoms with E-state index in [0.717, 1.165) is 71.5 Å². The summed E-state index contributed by atoms with van der Waals surface area (Å²) in [5.74, 6) is 1.59. The van der Waals surface area contributed by atoms with Crippen molar-refractivity contribution in [3.63, 3.8) is 0 Å². The van der Waals surface area contributed by atoms with E-state index in [1.807, 2.05) is 0 Å². The maximum Gasteiger partial charge on any atom is 0.191 e. The summed E-state index contributed by atoms with van der Waals surface area (Å²) in [6, 6.07) is 0.492. The van der Waals surface area contributed by atoms with Crippen LogP contribution in [0, 0.1) is 11.3 Å². The van der Waals surface area contributed by atoms with Crippen LogP contribution in [0.3, 0.4) is 0 Å². The summed E-state index contributed by atoms with van der Waals surface area (Å²) < 4.78 is 11.3. The van der Waals surface area contributed by atoms with Crippen LogP contribution < -0.4 is 10.6 Å². The SMILES string of the molecule is CCNC(=NCC1(CC)CCCC1)NCC(C1CCOC1)N1CCOCC1. The first-order valence-corrected chi connectivity index (χ1v) is 11.2. The molecule has 2 unspecified atom stereocenters. The average Bonchev–Trinajstić information content (AvgIpc) is 3.40. The number of guanidine groups is 1. The number of hydrogen-bond donors (Lipinski definition) is 2. The topological polar surface area (TPSA) is 58.1 Å². The van der Waals surface area contributed by atoms with Crippen LogP contribution >= 0.6 is 0 Å². The molecule has 6 heteroatoms. The zero-order chi connectivity index (χ0) is 19.0. The highest BCUT2D eigenvalue weighted by molar-refractivity contribution is 5.79. The van der Waals surface area contributed by atoms with Crippen molar-refractivity contribution in [1.29, 1.82) is 0 Å². The van der Waals surface area contributed by atoms with Gasteiger partial charge < -0.3 is 20.1 Å². The summed E-state index contributed by atoms with van der Waals surface area (Å²) in [5.41, 5.74) is 0.436. The van der Waals surface area contributed by atoms with E-state index in [4.69, 9.17) is 14.5 Å². The van der Waals surface area contributed by atoms with Crippen LogP contribution in [0.1, 0.15) is 52.4 Å². The molecule has 3 aliphatic rings. The number of nitrogens with one attached hydrogen (secondary N) is 2. The number of aliphatic imine (C=N–C) groups is 1. The highest BCUT2D eigenvalue weighted by Crippen LogP contribution is 2.41. The van der Waals surface area contributed by atoms with Crippen LogP contribution in [0.5, 0.6) is 0 Å². The van der Waals surface area contributed by atoms with Gasteiger partial charge in [0.05, 0.1) is 19.8 Å². The number of morpholine rings is 1. The summed E-state index contributed by atoms with van der Waals surface area (Å²) in [6.45, 7) is 12.8. The standard InChI is InChI=1S/C21H40N4O2/c1-3-21(8-5-6-9-21)17-24-20(22-4-2)23-15-19(18-7-12-27-16-18)25-10-13-26-14-11-25/h18-19H,3-17H2,1-2H3,(H2,22,23,24). The van der Waals surface area contributed by atoms with Gasteiger partial charge in [0.2, 0.25) is 0 Å². The second kappa shape index (κ2) is 10.6. The lowest BCUT2D eigenvalue weighted by molar-refractivity contribution is 0.00246. The molecule has 3 rings (SSSR count). The minimum atomic E-state index is 0.436. The second-order valence-electron chi connectivity index (χ2n) is 8.48. The fraction of sp³-hybridized carbons (Fsp3) is 0.952. The van der Waals surface area contributed by atoms with E-state index in [2.05, 4.69) is 29.4 Å². The molecule has 0 amide bonds. The summed E-state index contributed by atoms with van der Waals surface area (Å²) >= 11 is 0. The average molecular weight is 381 g/mol. The molecule has 0 bridgehead atoms. The molecule has 2 aliphatic heterocycles. The lowest BCUT2D eigenvalue weighted by atomic mass is 9.84. The van der Waals surface area contributed by atoms with E-state index < -0.39 is 0 Å². The van der Waals surface area contributed by atoms with Gasteiger partial charge in [-0.2, -0.15) is 0 Å². The Kier molecular flexibility index (Phi) is 8.22. The predicted octanol–water partition coefficient (Wildman–Crippen LogP) is 2.25. The number of ether oxygens (including phenoxy) is 2. The summed E-state index contributed by atoms with van der Waals surface area (Å²) in [4.78, 5) is 7.59. The Morgan fingerprint density at radius 1 is 1.11 bits per heavy atom. The number of nitrogens with zero attached hydrogens (tertiary/aromatic N) is 2. The molecule has 3 fully saturated rings. The molecule has 156 valence electrons. The Balaban J connectivity index is 1.60. The fourth-order valence-electron chi connectivity index (χ4n) is 4.90. The molecule has 0 aromatic carbocycles. The van der Waals surface area contributed by atoms with Gasteiger partial charge in [0, 0.05) is 51.3 Å². The molecule has 6 nitrogen and oxygen atoms in total. The van der Waals surface area contributed by atoms with Crippen molar-refractivity contribution in [2.45, 2.75) is 58.4 Å². The van der Waals surface area contributed by atoms with Crippen molar-refractivity contribution in [1.82, 2.24) is 15.5 Å². The first-order chi connectivity index (χ1) is 13.3. The third-order valence-electron chi connectivity index (χ3n) is 6.83. The van der Waals surface area contributed by atoms with E-state index in [1.165, 1.54) is 32.1 Å². The normalized spacial score (nSPS) is 27.6. The molecule has 1 aliphatic carbocycles. The second-order valence-corrected chi connectivity index (χ2v) is 8.48. The van der Waals surface area contributed by atoms with Crippen molar-refractivity contribution < 1.29 is 9.47 Å². The van der Waals surface area contributed by atoms with Gasteiger partial charge in [-0.15, -0.1) is 0 Å². The lowest BCUT2D eigenvalue weighted by Gasteiger charge is -2.37. The molecule has 2 heterocycles. The van der Waals surface area contributed by atoms with Crippen LogP contribution in [-0.4, -0.2) is 76.1 Å². The minimum Gasteiger partial charge on any atom is -0.381 e. The Hall–Kier alpha value is -0.850. The van der Waals surface area contributed by atoms with Crippen molar-refractivity contribution in [3.8, 4) is 0 Å². The van der Waals surface area contributed by atoms with Gasteiger partial charge >= 0.3 is 0 Å². The van der Waals surface area contributed by atoms with E-state index in [-0.39, 0.29) is 0 Å². The predicted molar refractivity (Wildman–Crippen MR) is 110 cm³/mol. The molecule has 0 radical (unpaired) electrons. The summed E-state index contributed by atoms with van der Waals surface area (Å²) in [7, 11) is 0. The van der Waals surface area contributed by atoms with Crippen molar-refractivity contribution >= 4 is 5.96 Å². The summed E-state index contributed by atoms with van der Waals surface area (Å²) in [6.07, 6.45) is 7.81. The smallest absolute Gasteiger partial charge is 0.191 e. The third-order valence-corrected chi connectivity index (χ3v) is 6.83. The van der Waals surface area contributed by atoms with E-state index >= 15 is 0 Å². The first kappa shape index (κ1) is 20.9. The molecule has 0 aromatic rings. The van der Waals surface area contributed by atoms with Crippen molar-refractivity contribution in [2.75, 3.05) is 59.2 Å². The Labute approximate surface area is 165 Å². The molecule has 2 saturated heterocycles. The van der Waals surface area contributed by atoms with Crippen LogP contribution in [-0.2, 0) is 9.47 Å². The van der Waals surface area contributed by atoms with E-state index in [1.54, 1.807) is 0 Å². The van der Waals surface area contributed by atoms with Gasteiger partial charge in [-0.3, -0.25) is 9.89 Å². The van der Waals surface area contributed by atoms with Crippen molar-refractivity contribution in [3.05, 3.63) is 0 Å². The summed E-state index contributed by atoms with van der Waals surface area (Å²) in [5, 5.41) is 7.12. The Morgan fingerprint density at radius 3 is 2.52 bits per heavy atom. The zero-order valence-electron chi connectivity index (χ0n) is 17.5. The fourth-order valence-corrected chi connectivity index (χ4v) is 4.90. The van der Waals surface area contributed by atoms with Gasteiger partial charge in [-0.05, 0) is 38.0 Å². The highest BCUT2D eigenvalue weighted by atomic mass is 16.5. The maximum absolute atomic E-state index is 5.69. The first-order valence-electron chi connectivity index (χ1n) is 11.2. The molecular formula is C21H40N4O2. The molecular weight excluding hydrogens is 340 g/mol. The largest absolute Gasteiger partial charge is 0.381 e. The molecule has 1 saturated carbocycles. The zero-order valence-corrected chi connectivity index (χ0v) is 17.5. The monoisotopic (exact) mass is 380 g/mol. The van der Waals surface area contributed by atoms with Gasteiger partial charge in [0.25, 0.3) is 0 Å². The molecule has 0 spiro atoms.